The van der Waals surface area contributed by atoms with E-state index in [1.807, 2.05) is 13.8 Å². The van der Waals surface area contributed by atoms with Gasteiger partial charge in [-0.15, -0.1) is 0 Å². The first-order chi connectivity index (χ1) is 4.36. The molecule has 3 heteroatoms. The highest BCUT2D eigenvalue weighted by Crippen LogP contribution is 2.14. The van der Waals surface area contributed by atoms with Crippen molar-refractivity contribution in [2.24, 2.45) is 0 Å². The number of hydrogen-bond acceptors (Lipinski definition) is 2. The van der Waals surface area contributed by atoms with E-state index in [4.69, 9.17) is 4.74 Å². The molecule has 0 aliphatic rings. The van der Waals surface area contributed by atoms with Gasteiger partial charge in [-0.25, -0.2) is 0 Å². The van der Waals surface area contributed by atoms with Gasteiger partial charge in [-0.2, -0.15) is 0 Å². The molecule has 2 nitrogen and oxygen atoms in total. The number of carbonyl (C=O) groups is 1. The normalized spacial score (nSPS) is 15.9. The van der Waals surface area contributed by atoms with E-state index < -0.39 is 0 Å². The average Bonchev–Trinajstić information content (AvgIpc) is 1.60. The van der Waals surface area contributed by atoms with Crippen molar-refractivity contribution in [2.45, 2.75) is 26.0 Å². The number of carbonyl (C=O) groups excluding carboxylic acids is 1. The number of rotatable bonds is 2. The third kappa shape index (κ3) is 2.82. The maximum absolute atomic E-state index is 10.5. The van der Waals surface area contributed by atoms with Crippen LogP contribution >= 0.6 is 0 Å². The van der Waals surface area contributed by atoms with Gasteiger partial charge in [0.25, 0.3) is 0 Å². The molecule has 0 rings (SSSR count). The van der Waals surface area contributed by atoms with Gasteiger partial charge in [-0.1, -0.05) is 6.58 Å². The predicted molar refractivity (Wildman–Crippen MR) is 44.9 cm³/mol. The largest absolute Gasteiger partial charge is 0.460 e. The van der Waals surface area contributed by atoms with Crippen LogP contribution in [0.15, 0.2) is 12.2 Å². The number of esters is 1. The van der Waals surface area contributed by atoms with Gasteiger partial charge in [0.2, 0.25) is 0 Å². The van der Waals surface area contributed by atoms with Crippen molar-refractivity contribution in [1.82, 2.24) is 0 Å². The maximum Gasteiger partial charge on any atom is 0.303 e. The second-order valence-electron chi connectivity index (χ2n) is 2.88. The summed E-state index contributed by atoms with van der Waals surface area (Å²) < 4.78 is 5.02. The van der Waals surface area contributed by atoms with Gasteiger partial charge >= 0.3 is 5.97 Å². The maximum atomic E-state index is 10.5. The quantitative estimate of drug-likeness (QED) is 0.326. The summed E-state index contributed by atoms with van der Waals surface area (Å²) >= 11 is 0. The third-order valence-electron chi connectivity index (χ3n) is 1.43. The molecule has 10 heavy (non-hydrogen) atoms. The van der Waals surface area contributed by atoms with Gasteiger partial charge < -0.3 is 4.74 Å². The smallest absolute Gasteiger partial charge is 0.303 e. The summed E-state index contributed by atoms with van der Waals surface area (Å²) in [5.41, 5.74) is 0.911. The highest BCUT2D eigenvalue weighted by atomic mass is 28.1. The molecule has 1 unspecified atom stereocenters. The van der Waals surface area contributed by atoms with Crippen LogP contribution in [0.1, 0.15) is 20.8 Å². The van der Waals surface area contributed by atoms with E-state index in [-0.39, 0.29) is 11.2 Å². The van der Waals surface area contributed by atoms with Crippen LogP contribution in [0.3, 0.4) is 0 Å². The second-order valence-corrected chi connectivity index (χ2v) is 4.79. The summed E-state index contributed by atoms with van der Waals surface area (Å²) in [6.45, 7) is 8.90. The van der Waals surface area contributed by atoms with Crippen molar-refractivity contribution in [3.8, 4) is 0 Å². The molecule has 0 saturated heterocycles. The van der Waals surface area contributed by atoms with Crippen molar-refractivity contribution in [1.29, 1.82) is 0 Å². The molecule has 0 aromatic rings. The Kier molecular flexibility index (Phi) is 2.84. The Labute approximate surface area is 64.7 Å². The van der Waals surface area contributed by atoms with Crippen LogP contribution in [0.5, 0.6) is 0 Å². The Morgan fingerprint density at radius 3 is 2.10 bits per heavy atom. The molecule has 1 atom stereocenters. The fourth-order valence-corrected chi connectivity index (χ4v) is 0.734. The summed E-state index contributed by atoms with van der Waals surface area (Å²) in [6.07, 6.45) is 0. The topological polar surface area (TPSA) is 26.3 Å². The van der Waals surface area contributed by atoms with Gasteiger partial charge in [0, 0.05) is 6.92 Å². The summed E-state index contributed by atoms with van der Waals surface area (Å²) in [6, 6.07) is 0. The first-order valence-corrected chi connectivity index (χ1v) is 4.22. The van der Waals surface area contributed by atoms with Crippen LogP contribution in [0.4, 0.5) is 0 Å². The van der Waals surface area contributed by atoms with Crippen molar-refractivity contribution in [3.05, 3.63) is 12.2 Å². The van der Waals surface area contributed by atoms with Crippen LogP contribution in [-0.2, 0) is 9.53 Å². The molecule has 0 N–H and O–H groups in total. The molecule has 0 fully saturated rings. The van der Waals surface area contributed by atoms with E-state index in [9.17, 15) is 4.79 Å². The second kappa shape index (κ2) is 3.01. The zero-order chi connectivity index (χ0) is 8.36. The zero-order valence-electron chi connectivity index (χ0n) is 7.02. The fourth-order valence-electron chi connectivity index (χ4n) is 0.446. The molecule has 0 aromatic carbocycles. The van der Waals surface area contributed by atoms with E-state index in [1.54, 1.807) is 0 Å². The molecule has 0 spiro atoms. The van der Waals surface area contributed by atoms with Crippen LogP contribution < -0.4 is 0 Å². The lowest BCUT2D eigenvalue weighted by molar-refractivity contribution is -0.146. The predicted octanol–water partition coefficient (Wildman–Crippen LogP) is 0.207. The first-order valence-electron chi connectivity index (χ1n) is 3.22. The Morgan fingerprint density at radius 1 is 1.60 bits per heavy atom. The minimum Gasteiger partial charge on any atom is -0.460 e. The van der Waals surface area contributed by atoms with Crippen molar-refractivity contribution < 1.29 is 9.53 Å². The highest BCUT2D eigenvalue weighted by molar-refractivity contribution is 6.17. The summed E-state index contributed by atoms with van der Waals surface area (Å²) in [4.78, 5) is 10.5. The lowest BCUT2D eigenvalue weighted by Gasteiger charge is -2.24. The lowest BCUT2D eigenvalue weighted by Crippen LogP contribution is -2.32. The van der Waals surface area contributed by atoms with E-state index >= 15 is 0 Å². The number of hydrogen-bond donors (Lipinski definition) is 0. The first kappa shape index (κ1) is 9.43. The van der Waals surface area contributed by atoms with Crippen molar-refractivity contribution in [2.75, 3.05) is 0 Å². The molecule has 0 aliphatic heterocycles. The minimum atomic E-state index is -0.383. The van der Waals surface area contributed by atoms with Crippen LogP contribution in [-0.4, -0.2) is 21.4 Å². The molecule has 0 heterocycles. The molecular weight excluding hydrogens is 144 g/mol. The molecule has 0 aromatic heterocycles. The Bertz CT molecular complexity index is 161. The van der Waals surface area contributed by atoms with E-state index in [1.165, 1.54) is 6.92 Å². The van der Waals surface area contributed by atoms with E-state index in [0.29, 0.717) is 0 Å². The van der Waals surface area contributed by atoms with Crippen molar-refractivity contribution in [3.63, 3.8) is 0 Å². The average molecular weight is 158 g/mol. The highest BCUT2D eigenvalue weighted by Gasteiger charge is 2.20. The molecule has 0 radical (unpaired) electrons. The van der Waals surface area contributed by atoms with Gasteiger partial charge in [0.1, 0.15) is 5.22 Å². The van der Waals surface area contributed by atoms with Crippen LogP contribution in [0.25, 0.3) is 0 Å². The molecule has 0 amide bonds. The van der Waals surface area contributed by atoms with Crippen molar-refractivity contribution >= 4 is 16.2 Å². The summed E-state index contributed by atoms with van der Waals surface area (Å²) in [5, 5.41) is -0.383. The number of ether oxygens (including phenoxy) is 1. The van der Waals surface area contributed by atoms with Crippen LogP contribution in [0.2, 0.25) is 0 Å². The lowest BCUT2D eigenvalue weighted by atomic mass is 10.2. The molecular formula is C7H14O2Si. The molecule has 0 aliphatic carbocycles. The summed E-state index contributed by atoms with van der Waals surface area (Å²) in [5.74, 6) is -0.236. The molecule has 0 saturated carbocycles. The molecule has 58 valence electrons. The molecule has 0 bridgehead atoms. The Hall–Kier alpha value is -0.573. The minimum absolute atomic E-state index is 0.236. The zero-order valence-corrected chi connectivity index (χ0v) is 9.02. The fraction of sp³-hybridized carbons (Fsp3) is 0.571. The standard InChI is InChI=1S/C7H14O2Si/c1-5(2)7(4,10)9-6(3)8/h1H2,2-4,10H3. The van der Waals surface area contributed by atoms with Gasteiger partial charge in [-0.3, -0.25) is 4.79 Å². The summed E-state index contributed by atoms with van der Waals surface area (Å²) in [7, 11) is 0.788. The monoisotopic (exact) mass is 158 g/mol. The Balaban J connectivity index is 4.13. The van der Waals surface area contributed by atoms with Gasteiger partial charge in [0.15, 0.2) is 0 Å². The third-order valence-corrected chi connectivity index (χ3v) is 2.48. The Morgan fingerprint density at radius 2 is 2.00 bits per heavy atom. The van der Waals surface area contributed by atoms with E-state index in [2.05, 4.69) is 6.58 Å². The van der Waals surface area contributed by atoms with Gasteiger partial charge in [-0.05, 0) is 19.4 Å². The van der Waals surface area contributed by atoms with E-state index in [0.717, 1.165) is 15.8 Å². The SMILES string of the molecule is C=C(C)C(C)([SiH3])OC(C)=O. The van der Waals surface area contributed by atoms with Crippen LogP contribution in [0, 0.1) is 0 Å². The van der Waals surface area contributed by atoms with Gasteiger partial charge in [0.05, 0.1) is 10.2 Å².